The smallest absolute Gasteiger partial charge is 0.273 e. The highest BCUT2D eigenvalue weighted by Gasteiger charge is 2.40. The molecule has 0 bridgehead atoms. The first-order valence-electron chi connectivity index (χ1n) is 12.0. The summed E-state index contributed by atoms with van der Waals surface area (Å²) >= 11 is 0. The summed E-state index contributed by atoms with van der Waals surface area (Å²) in [4.78, 5) is 33.2. The first-order valence-corrected chi connectivity index (χ1v) is 12.0. The SMILES string of the molecule is Cc1cccnc1C(=O)N1CCC[C@H](C(=O)Nc2cccc(C(C)(C)C)c2)[C@@H]1c1cccc(F)c1. The topological polar surface area (TPSA) is 62.3 Å². The highest BCUT2D eigenvalue weighted by atomic mass is 19.1. The van der Waals surface area contributed by atoms with Crippen molar-refractivity contribution < 1.29 is 14.0 Å². The molecule has 1 saturated heterocycles. The van der Waals surface area contributed by atoms with Gasteiger partial charge in [0, 0.05) is 18.4 Å². The van der Waals surface area contributed by atoms with Gasteiger partial charge in [0.2, 0.25) is 5.91 Å². The van der Waals surface area contributed by atoms with Gasteiger partial charge in [-0.3, -0.25) is 14.6 Å². The largest absolute Gasteiger partial charge is 0.329 e. The molecule has 0 spiro atoms. The molecule has 1 aromatic heterocycles. The van der Waals surface area contributed by atoms with Gasteiger partial charge in [0.25, 0.3) is 5.91 Å². The zero-order chi connectivity index (χ0) is 25.2. The number of aryl methyl sites for hydroxylation is 1. The van der Waals surface area contributed by atoms with Crippen LogP contribution in [0.3, 0.4) is 0 Å². The molecule has 5 nitrogen and oxygen atoms in total. The van der Waals surface area contributed by atoms with Crippen LogP contribution in [0.4, 0.5) is 10.1 Å². The number of piperidine rings is 1. The van der Waals surface area contributed by atoms with Gasteiger partial charge in [0.05, 0.1) is 12.0 Å². The molecule has 1 fully saturated rings. The second-order valence-corrected chi connectivity index (χ2v) is 10.2. The number of carbonyl (C=O) groups excluding carboxylic acids is 2. The van der Waals surface area contributed by atoms with Crippen molar-refractivity contribution >= 4 is 17.5 Å². The van der Waals surface area contributed by atoms with Gasteiger partial charge in [0.1, 0.15) is 11.5 Å². The van der Waals surface area contributed by atoms with Crippen LogP contribution in [0, 0.1) is 18.7 Å². The molecule has 1 aliphatic rings. The zero-order valence-corrected chi connectivity index (χ0v) is 20.7. The van der Waals surface area contributed by atoms with Crippen LogP contribution in [0.5, 0.6) is 0 Å². The normalized spacial score (nSPS) is 18.3. The van der Waals surface area contributed by atoms with E-state index >= 15 is 0 Å². The van der Waals surface area contributed by atoms with E-state index in [9.17, 15) is 14.0 Å². The molecule has 0 radical (unpaired) electrons. The van der Waals surface area contributed by atoms with Crippen LogP contribution >= 0.6 is 0 Å². The molecule has 0 aliphatic carbocycles. The number of amides is 2. The molecular formula is C29H32FN3O2. The third kappa shape index (κ3) is 5.42. The minimum atomic E-state index is -0.598. The maximum absolute atomic E-state index is 14.3. The van der Waals surface area contributed by atoms with Crippen LogP contribution in [0.15, 0.2) is 66.9 Å². The second-order valence-electron chi connectivity index (χ2n) is 10.2. The van der Waals surface area contributed by atoms with Crippen molar-refractivity contribution in [3.63, 3.8) is 0 Å². The Bertz CT molecular complexity index is 1230. The predicted octanol–water partition coefficient (Wildman–Crippen LogP) is 6.06. The molecule has 2 aromatic carbocycles. The second kappa shape index (κ2) is 9.98. The van der Waals surface area contributed by atoms with Crippen LogP contribution in [-0.2, 0) is 10.2 Å². The van der Waals surface area contributed by atoms with Gasteiger partial charge < -0.3 is 10.2 Å². The number of pyridine rings is 1. The van der Waals surface area contributed by atoms with Crippen molar-refractivity contribution in [2.45, 2.75) is 52.0 Å². The molecule has 2 amide bonds. The summed E-state index contributed by atoms with van der Waals surface area (Å²) in [5, 5.41) is 3.06. The van der Waals surface area contributed by atoms with Crippen LogP contribution in [-0.4, -0.2) is 28.2 Å². The number of hydrogen-bond donors (Lipinski definition) is 1. The molecule has 0 unspecified atom stereocenters. The van der Waals surface area contributed by atoms with E-state index in [4.69, 9.17) is 0 Å². The van der Waals surface area contributed by atoms with Gasteiger partial charge in [-0.1, -0.05) is 51.1 Å². The fraction of sp³-hybridized carbons (Fsp3) is 0.345. The van der Waals surface area contributed by atoms with Crippen LogP contribution in [0.2, 0.25) is 0 Å². The fourth-order valence-corrected chi connectivity index (χ4v) is 4.74. The van der Waals surface area contributed by atoms with Crippen molar-refractivity contribution in [2.75, 3.05) is 11.9 Å². The predicted molar refractivity (Wildman–Crippen MR) is 136 cm³/mol. The van der Waals surface area contributed by atoms with E-state index in [0.29, 0.717) is 36.3 Å². The minimum absolute atomic E-state index is 0.0561. The van der Waals surface area contributed by atoms with E-state index in [-0.39, 0.29) is 17.2 Å². The van der Waals surface area contributed by atoms with Gasteiger partial charge in [-0.2, -0.15) is 0 Å². The zero-order valence-electron chi connectivity index (χ0n) is 20.7. The third-order valence-electron chi connectivity index (χ3n) is 6.63. The summed E-state index contributed by atoms with van der Waals surface area (Å²) in [7, 11) is 0. The summed E-state index contributed by atoms with van der Waals surface area (Å²) in [5.41, 5.74) is 3.50. The van der Waals surface area contributed by atoms with Gasteiger partial charge in [-0.05, 0) is 72.2 Å². The molecule has 2 heterocycles. The van der Waals surface area contributed by atoms with Crippen LogP contribution < -0.4 is 5.32 Å². The van der Waals surface area contributed by atoms with Crippen molar-refractivity contribution in [1.82, 2.24) is 9.88 Å². The molecule has 6 heteroatoms. The van der Waals surface area contributed by atoms with E-state index in [2.05, 4.69) is 31.1 Å². The number of nitrogens with one attached hydrogen (secondary N) is 1. The maximum Gasteiger partial charge on any atom is 0.273 e. The maximum atomic E-state index is 14.3. The summed E-state index contributed by atoms with van der Waals surface area (Å²) in [6, 6.07) is 17.0. The van der Waals surface area contributed by atoms with Crippen molar-refractivity contribution in [2.24, 2.45) is 5.92 Å². The number of aromatic nitrogens is 1. The number of hydrogen-bond acceptors (Lipinski definition) is 3. The molecule has 1 aliphatic heterocycles. The highest BCUT2D eigenvalue weighted by Crippen LogP contribution is 2.38. The first kappa shape index (κ1) is 24.6. The highest BCUT2D eigenvalue weighted by molar-refractivity contribution is 5.96. The molecule has 4 rings (SSSR count). The Balaban J connectivity index is 1.69. The Morgan fingerprint density at radius 3 is 2.54 bits per heavy atom. The van der Waals surface area contributed by atoms with Crippen molar-refractivity contribution in [3.05, 3.63) is 95.1 Å². The van der Waals surface area contributed by atoms with Gasteiger partial charge in [-0.25, -0.2) is 4.39 Å². The quantitative estimate of drug-likeness (QED) is 0.501. The number of anilines is 1. The Labute approximate surface area is 206 Å². The standard InChI is InChI=1S/C29H32FN3O2/c1-19-9-7-15-31-25(19)28(35)33-16-8-14-24(26(33)20-10-5-12-22(30)17-20)27(34)32-23-13-6-11-21(18-23)29(2,3)4/h5-7,9-13,15,17-18,24,26H,8,14,16H2,1-4H3,(H,32,34)/t24-,26-/m0/s1. The summed E-state index contributed by atoms with van der Waals surface area (Å²) < 4.78 is 14.3. The average molecular weight is 474 g/mol. The van der Waals surface area contributed by atoms with Crippen molar-refractivity contribution in [3.8, 4) is 0 Å². The average Bonchev–Trinajstić information content (AvgIpc) is 2.83. The van der Waals surface area contributed by atoms with Crippen LogP contribution in [0.25, 0.3) is 0 Å². The molecule has 35 heavy (non-hydrogen) atoms. The lowest BCUT2D eigenvalue weighted by molar-refractivity contribution is -0.123. The lowest BCUT2D eigenvalue weighted by atomic mass is 9.83. The van der Waals surface area contributed by atoms with Crippen LogP contribution in [0.1, 0.15) is 66.8 Å². The Hall–Kier alpha value is -3.54. The van der Waals surface area contributed by atoms with Gasteiger partial charge >= 0.3 is 0 Å². The summed E-state index contributed by atoms with van der Waals surface area (Å²) in [6.07, 6.45) is 2.86. The fourth-order valence-electron chi connectivity index (χ4n) is 4.74. The molecular weight excluding hydrogens is 441 g/mol. The van der Waals surface area contributed by atoms with Crippen molar-refractivity contribution in [1.29, 1.82) is 0 Å². The summed E-state index contributed by atoms with van der Waals surface area (Å²) in [5.74, 6) is -1.35. The molecule has 3 aromatic rings. The lowest BCUT2D eigenvalue weighted by Crippen LogP contribution is -2.46. The molecule has 2 atom stereocenters. The third-order valence-corrected chi connectivity index (χ3v) is 6.63. The van der Waals surface area contributed by atoms with E-state index < -0.39 is 17.8 Å². The van der Waals surface area contributed by atoms with E-state index in [1.165, 1.54) is 12.1 Å². The van der Waals surface area contributed by atoms with E-state index in [1.807, 2.05) is 37.3 Å². The first-order chi connectivity index (χ1) is 16.6. The molecule has 182 valence electrons. The Kier molecular flexibility index (Phi) is 7.01. The summed E-state index contributed by atoms with van der Waals surface area (Å²) in [6.45, 7) is 8.68. The lowest BCUT2D eigenvalue weighted by Gasteiger charge is -2.41. The van der Waals surface area contributed by atoms with Gasteiger partial charge in [-0.15, -0.1) is 0 Å². The molecule has 0 saturated carbocycles. The number of likely N-dealkylation sites (tertiary alicyclic amines) is 1. The number of benzene rings is 2. The Morgan fingerprint density at radius 1 is 1.06 bits per heavy atom. The monoisotopic (exact) mass is 473 g/mol. The number of rotatable bonds is 4. The minimum Gasteiger partial charge on any atom is -0.329 e. The molecule has 1 N–H and O–H groups in total. The van der Waals surface area contributed by atoms with Gasteiger partial charge in [0.15, 0.2) is 0 Å². The van der Waals surface area contributed by atoms with E-state index in [1.54, 1.807) is 29.3 Å². The van der Waals surface area contributed by atoms with E-state index in [0.717, 1.165) is 11.1 Å². The Morgan fingerprint density at radius 2 is 1.83 bits per heavy atom. The number of carbonyl (C=O) groups is 2. The number of halogens is 1. The number of nitrogens with zero attached hydrogens (tertiary/aromatic N) is 2.